The molecule has 0 saturated carbocycles. The summed E-state index contributed by atoms with van der Waals surface area (Å²) in [5.74, 6) is 0. The lowest BCUT2D eigenvalue weighted by molar-refractivity contribution is 0.262. The summed E-state index contributed by atoms with van der Waals surface area (Å²) >= 11 is 5.99. The first-order valence-corrected chi connectivity index (χ1v) is 6.63. The van der Waals surface area contributed by atoms with E-state index in [-0.39, 0.29) is 6.03 Å². The first-order valence-electron chi connectivity index (χ1n) is 6.25. The Morgan fingerprint density at radius 1 is 1.10 bits per heavy atom. The van der Waals surface area contributed by atoms with Crippen molar-refractivity contribution < 1.29 is 4.79 Å². The number of nitrogens with one attached hydrogen (secondary N) is 3. The van der Waals surface area contributed by atoms with Crippen LogP contribution in [0.1, 0.15) is 5.56 Å². The standard InChI is InChI=1S/C15H16ClN3O/c1-17-10-11-5-4-6-12(9-11)18-15(20)19-14-8-3-2-7-13(14)16/h2-9,17H,10H2,1H3,(H2,18,19,20). The van der Waals surface area contributed by atoms with Crippen LogP contribution >= 0.6 is 11.6 Å². The number of halogens is 1. The van der Waals surface area contributed by atoms with Crippen LogP contribution in [0.4, 0.5) is 16.2 Å². The van der Waals surface area contributed by atoms with Gasteiger partial charge in [-0.1, -0.05) is 35.9 Å². The SMILES string of the molecule is CNCc1cccc(NC(=O)Nc2ccccc2Cl)c1. The molecule has 20 heavy (non-hydrogen) atoms. The van der Waals surface area contributed by atoms with Gasteiger partial charge in [0.2, 0.25) is 0 Å². The van der Waals surface area contributed by atoms with Gasteiger partial charge in [0.25, 0.3) is 0 Å². The van der Waals surface area contributed by atoms with Crippen molar-refractivity contribution in [3.63, 3.8) is 0 Å². The number of anilines is 2. The highest BCUT2D eigenvalue weighted by atomic mass is 35.5. The molecule has 0 atom stereocenters. The van der Waals surface area contributed by atoms with E-state index in [1.807, 2.05) is 43.4 Å². The summed E-state index contributed by atoms with van der Waals surface area (Å²) in [4.78, 5) is 11.9. The maximum Gasteiger partial charge on any atom is 0.323 e. The van der Waals surface area contributed by atoms with Crippen molar-refractivity contribution in [2.24, 2.45) is 0 Å². The molecule has 0 aliphatic rings. The highest BCUT2D eigenvalue weighted by Gasteiger charge is 2.05. The predicted molar refractivity (Wildman–Crippen MR) is 83.3 cm³/mol. The van der Waals surface area contributed by atoms with Crippen LogP contribution in [-0.2, 0) is 6.54 Å². The lowest BCUT2D eigenvalue weighted by atomic mass is 10.2. The molecule has 0 aliphatic carbocycles. The molecule has 0 aromatic heterocycles. The lowest BCUT2D eigenvalue weighted by Gasteiger charge is -2.10. The molecule has 0 bridgehead atoms. The summed E-state index contributed by atoms with van der Waals surface area (Å²) in [6.07, 6.45) is 0. The van der Waals surface area contributed by atoms with Crippen molar-refractivity contribution in [2.75, 3.05) is 17.7 Å². The van der Waals surface area contributed by atoms with E-state index in [1.165, 1.54) is 0 Å². The van der Waals surface area contributed by atoms with E-state index in [4.69, 9.17) is 11.6 Å². The number of benzene rings is 2. The quantitative estimate of drug-likeness (QED) is 0.804. The van der Waals surface area contributed by atoms with E-state index in [2.05, 4.69) is 16.0 Å². The molecular formula is C15H16ClN3O. The molecule has 104 valence electrons. The molecule has 4 nitrogen and oxygen atoms in total. The van der Waals surface area contributed by atoms with Crippen molar-refractivity contribution in [2.45, 2.75) is 6.54 Å². The van der Waals surface area contributed by atoms with Crippen LogP contribution < -0.4 is 16.0 Å². The third kappa shape index (κ3) is 3.98. The fourth-order valence-electron chi connectivity index (χ4n) is 1.81. The number of carbonyl (C=O) groups is 1. The molecule has 0 fully saturated rings. The van der Waals surface area contributed by atoms with Gasteiger partial charge in [-0.2, -0.15) is 0 Å². The minimum Gasteiger partial charge on any atom is -0.316 e. The minimum atomic E-state index is -0.320. The highest BCUT2D eigenvalue weighted by molar-refractivity contribution is 6.33. The molecule has 2 amide bonds. The number of amides is 2. The van der Waals surface area contributed by atoms with Gasteiger partial charge in [0.05, 0.1) is 10.7 Å². The molecule has 2 aromatic carbocycles. The fourth-order valence-corrected chi connectivity index (χ4v) is 1.99. The van der Waals surface area contributed by atoms with Crippen LogP contribution in [0.3, 0.4) is 0 Å². The monoisotopic (exact) mass is 289 g/mol. The van der Waals surface area contributed by atoms with Crippen molar-refractivity contribution >= 4 is 29.0 Å². The van der Waals surface area contributed by atoms with Gasteiger partial charge in [0.1, 0.15) is 0 Å². The molecule has 5 heteroatoms. The van der Waals surface area contributed by atoms with E-state index >= 15 is 0 Å². The summed E-state index contributed by atoms with van der Waals surface area (Å²) in [6.45, 7) is 0.752. The molecular weight excluding hydrogens is 274 g/mol. The Balaban J connectivity index is 2.01. The van der Waals surface area contributed by atoms with Gasteiger partial charge in [-0.05, 0) is 36.9 Å². The zero-order valence-electron chi connectivity index (χ0n) is 11.1. The van der Waals surface area contributed by atoms with Crippen LogP contribution in [0.5, 0.6) is 0 Å². The first-order chi connectivity index (χ1) is 9.69. The Hall–Kier alpha value is -2.04. The molecule has 0 heterocycles. The summed E-state index contributed by atoms with van der Waals surface area (Å²) in [7, 11) is 1.88. The Bertz CT molecular complexity index is 601. The average molecular weight is 290 g/mol. The molecule has 2 aromatic rings. The van der Waals surface area contributed by atoms with Gasteiger partial charge in [0, 0.05) is 12.2 Å². The van der Waals surface area contributed by atoms with Crippen LogP contribution in [0.25, 0.3) is 0 Å². The lowest BCUT2D eigenvalue weighted by Crippen LogP contribution is -2.19. The molecule has 0 radical (unpaired) electrons. The summed E-state index contributed by atoms with van der Waals surface area (Å²) in [5, 5.41) is 9.06. The normalized spacial score (nSPS) is 10.1. The van der Waals surface area contributed by atoms with Crippen LogP contribution in [0, 0.1) is 0 Å². The molecule has 2 rings (SSSR count). The zero-order valence-corrected chi connectivity index (χ0v) is 11.9. The first kappa shape index (κ1) is 14.4. The second-order valence-corrected chi connectivity index (χ2v) is 4.70. The van der Waals surface area contributed by atoms with Gasteiger partial charge in [-0.3, -0.25) is 0 Å². The smallest absolute Gasteiger partial charge is 0.316 e. The third-order valence-corrected chi connectivity index (χ3v) is 3.02. The van der Waals surface area contributed by atoms with Crippen LogP contribution in [0.2, 0.25) is 5.02 Å². The molecule has 0 saturated heterocycles. The molecule has 0 spiro atoms. The van der Waals surface area contributed by atoms with E-state index < -0.39 is 0 Å². The molecule has 0 unspecified atom stereocenters. The Morgan fingerprint density at radius 2 is 1.90 bits per heavy atom. The number of hydrogen-bond acceptors (Lipinski definition) is 2. The van der Waals surface area contributed by atoms with Gasteiger partial charge < -0.3 is 16.0 Å². The van der Waals surface area contributed by atoms with Crippen molar-refractivity contribution in [1.29, 1.82) is 0 Å². The van der Waals surface area contributed by atoms with Gasteiger partial charge >= 0.3 is 6.03 Å². The summed E-state index contributed by atoms with van der Waals surface area (Å²) in [5.41, 5.74) is 2.42. The molecule has 0 aliphatic heterocycles. The largest absolute Gasteiger partial charge is 0.323 e. The average Bonchev–Trinajstić information content (AvgIpc) is 2.42. The number of urea groups is 1. The van der Waals surface area contributed by atoms with Gasteiger partial charge in [-0.25, -0.2) is 4.79 Å². The van der Waals surface area contributed by atoms with Crippen molar-refractivity contribution in [1.82, 2.24) is 5.32 Å². The van der Waals surface area contributed by atoms with E-state index in [9.17, 15) is 4.79 Å². The van der Waals surface area contributed by atoms with Gasteiger partial charge in [0.15, 0.2) is 0 Å². The number of hydrogen-bond donors (Lipinski definition) is 3. The van der Waals surface area contributed by atoms with Crippen molar-refractivity contribution in [3.8, 4) is 0 Å². The van der Waals surface area contributed by atoms with E-state index in [0.717, 1.165) is 17.8 Å². The summed E-state index contributed by atoms with van der Waals surface area (Å²) < 4.78 is 0. The Morgan fingerprint density at radius 3 is 2.65 bits per heavy atom. The fraction of sp³-hybridized carbons (Fsp3) is 0.133. The second-order valence-electron chi connectivity index (χ2n) is 4.29. The van der Waals surface area contributed by atoms with E-state index in [0.29, 0.717) is 10.7 Å². The maximum absolute atomic E-state index is 11.9. The highest BCUT2D eigenvalue weighted by Crippen LogP contribution is 2.20. The van der Waals surface area contributed by atoms with Crippen molar-refractivity contribution in [3.05, 3.63) is 59.1 Å². The minimum absolute atomic E-state index is 0.320. The number of para-hydroxylation sites is 1. The topological polar surface area (TPSA) is 53.2 Å². The van der Waals surface area contributed by atoms with E-state index in [1.54, 1.807) is 12.1 Å². The zero-order chi connectivity index (χ0) is 14.4. The molecule has 3 N–H and O–H groups in total. The Kier molecular flexibility index (Phi) is 4.98. The maximum atomic E-state index is 11.9. The number of carbonyl (C=O) groups excluding carboxylic acids is 1. The van der Waals surface area contributed by atoms with Gasteiger partial charge in [-0.15, -0.1) is 0 Å². The second kappa shape index (κ2) is 6.93. The summed E-state index contributed by atoms with van der Waals surface area (Å²) in [6, 6.07) is 14.4. The Labute approximate surface area is 123 Å². The van der Waals surface area contributed by atoms with Crippen LogP contribution in [-0.4, -0.2) is 13.1 Å². The predicted octanol–water partition coefficient (Wildman–Crippen LogP) is 3.70. The third-order valence-electron chi connectivity index (χ3n) is 2.69. The number of rotatable bonds is 4. The van der Waals surface area contributed by atoms with Crippen LogP contribution in [0.15, 0.2) is 48.5 Å².